The van der Waals surface area contributed by atoms with Gasteiger partial charge in [-0.05, 0) is 6.92 Å². The summed E-state index contributed by atoms with van der Waals surface area (Å²) >= 11 is 0. The Hall–Kier alpha value is -2.22. The van der Waals surface area contributed by atoms with Crippen LogP contribution in [0.25, 0.3) is 0 Å². The lowest BCUT2D eigenvalue weighted by molar-refractivity contribution is 0.0310. The van der Waals surface area contributed by atoms with Gasteiger partial charge in [-0.1, -0.05) is 0 Å². The molecule has 1 fully saturated rings. The van der Waals surface area contributed by atoms with Crippen molar-refractivity contribution in [3.8, 4) is 5.88 Å². The summed E-state index contributed by atoms with van der Waals surface area (Å²) in [5, 5.41) is 8.12. The highest BCUT2D eigenvalue weighted by molar-refractivity contribution is 5.33. The van der Waals surface area contributed by atoms with Crippen LogP contribution in [0.4, 0.5) is 5.95 Å². The summed E-state index contributed by atoms with van der Waals surface area (Å²) in [6.45, 7) is 4.86. The molecule has 2 aromatic heterocycles. The summed E-state index contributed by atoms with van der Waals surface area (Å²) in [5.74, 6) is 2.04. The average Bonchev–Trinajstić information content (AvgIpc) is 3.03. The van der Waals surface area contributed by atoms with Crippen molar-refractivity contribution in [2.24, 2.45) is 0 Å². The predicted molar refractivity (Wildman–Crippen MR) is 75.2 cm³/mol. The number of anilines is 1. The Morgan fingerprint density at radius 3 is 3.19 bits per heavy atom. The van der Waals surface area contributed by atoms with E-state index >= 15 is 0 Å². The van der Waals surface area contributed by atoms with E-state index in [1.165, 1.54) is 0 Å². The highest BCUT2D eigenvalue weighted by atomic mass is 16.5. The van der Waals surface area contributed by atoms with Gasteiger partial charge in [0.05, 0.1) is 20.3 Å². The highest BCUT2D eigenvalue weighted by Crippen LogP contribution is 2.23. The van der Waals surface area contributed by atoms with Gasteiger partial charge in [-0.25, -0.2) is 4.98 Å². The maximum atomic E-state index is 5.82. The maximum absolute atomic E-state index is 5.82. The van der Waals surface area contributed by atoms with Gasteiger partial charge in [-0.2, -0.15) is 4.98 Å². The third-order valence-corrected chi connectivity index (χ3v) is 3.45. The lowest BCUT2D eigenvalue weighted by Crippen LogP contribution is -2.40. The van der Waals surface area contributed by atoms with Gasteiger partial charge in [0, 0.05) is 25.4 Å². The van der Waals surface area contributed by atoms with E-state index in [9.17, 15) is 0 Å². The number of ether oxygens (including phenoxy) is 2. The Bertz CT molecular complexity index is 602. The summed E-state index contributed by atoms with van der Waals surface area (Å²) in [6, 6.07) is 1.73. The quantitative estimate of drug-likeness (QED) is 0.819. The fourth-order valence-electron chi connectivity index (χ4n) is 2.34. The number of aromatic nitrogens is 5. The Morgan fingerprint density at radius 2 is 2.38 bits per heavy atom. The second kappa shape index (κ2) is 6.04. The summed E-state index contributed by atoms with van der Waals surface area (Å²) < 4.78 is 13.0. The summed E-state index contributed by atoms with van der Waals surface area (Å²) in [7, 11) is 1.60. The number of hydrogen-bond acceptors (Lipinski definition) is 7. The van der Waals surface area contributed by atoms with Crippen LogP contribution in [-0.2, 0) is 11.3 Å². The molecule has 0 spiro atoms. The van der Waals surface area contributed by atoms with Crippen molar-refractivity contribution in [3.63, 3.8) is 0 Å². The average molecular weight is 290 g/mol. The summed E-state index contributed by atoms with van der Waals surface area (Å²) in [4.78, 5) is 10.7. The molecule has 1 aliphatic rings. The molecule has 0 radical (unpaired) electrons. The number of nitrogens with zero attached hydrogens (tertiary/aromatic N) is 6. The smallest absolute Gasteiger partial charge is 0.228 e. The van der Waals surface area contributed by atoms with Gasteiger partial charge in [-0.15, -0.1) is 10.2 Å². The molecule has 8 heteroatoms. The largest absolute Gasteiger partial charge is 0.481 e. The van der Waals surface area contributed by atoms with Crippen LogP contribution in [0.2, 0.25) is 0 Å². The first kappa shape index (κ1) is 13.7. The third kappa shape index (κ3) is 2.80. The van der Waals surface area contributed by atoms with Crippen LogP contribution in [0.15, 0.2) is 18.6 Å². The van der Waals surface area contributed by atoms with Crippen molar-refractivity contribution in [1.82, 2.24) is 24.7 Å². The molecule has 1 aliphatic heterocycles. The van der Waals surface area contributed by atoms with Gasteiger partial charge in [0.25, 0.3) is 0 Å². The van der Waals surface area contributed by atoms with Gasteiger partial charge >= 0.3 is 0 Å². The topological polar surface area (TPSA) is 78.2 Å². The van der Waals surface area contributed by atoms with Gasteiger partial charge < -0.3 is 18.9 Å². The second-order valence-electron chi connectivity index (χ2n) is 4.68. The molecule has 1 unspecified atom stereocenters. The monoisotopic (exact) mass is 290 g/mol. The molecule has 3 rings (SSSR count). The maximum Gasteiger partial charge on any atom is 0.228 e. The SMILES string of the molecule is CCn1cnnc1C1CN(c2nccc(OC)n2)CCO1. The fourth-order valence-corrected chi connectivity index (χ4v) is 2.34. The Labute approximate surface area is 122 Å². The number of hydrogen-bond donors (Lipinski definition) is 0. The van der Waals surface area contributed by atoms with E-state index in [0.29, 0.717) is 25.0 Å². The van der Waals surface area contributed by atoms with Crippen molar-refractivity contribution in [2.45, 2.75) is 19.6 Å². The van der Waals surface area contributed by atoms with Crippen LogP contribution < -0.4 is 9.64 Å². The molecule has 0 aromatic carbocycles. The van der Waals surface area contributed by atoms with E-state index in [1.54, 1.807) is 25.7 Å². The first-order chi connectivity index (χ1) is 10.3. The predicted octanol–water partition coefficient (Wildman–Crippen LogP) is 0.674. The van der Waals surface area contributed by atoms with E-state index < -0.39 is 0 Å². The van der Waals surface area contributed by atoms with E-state index in [0.717, 1.165) is 18.9 Å². The standard InChI is InChI=1S/C13H18N6O2/c1-3-18-9-15-17-12(18)10-8-19(6-7-21-10)13-14-5-4-11(16-13)20-2/h4-5,9-10H,3,6-8H2,1-2H3. The molecule has 21 heavy (non-hydrogen) atoms. The molecular weight excluding hydrogens is 272 g/mol. The second-order valence-corrected chi connectivity index (χ2v) is 4.68. The lowest BCUT2D eigenvalue weighted by Gasteiger charge is -2.32. The number of aryl methyl sites for hydroxylation is 1. The minimum absolute atomic E-state index is 0.129. The molecule has 0 saturated carbocycles. The van der Waals surface area contributed by atoms with E-state index in [2.05, 4.69) is 32.0 Å². The van der Waals surface area contributed by atoms with Gasteiger partial charge in [0.2, 0.25) is 11.8 Å². The molecule has 112 valence electrons. The minimum Gasteiger partial charge on any atom is -0.481 e. The van der Waals surface area contributed by atoms with Crippen molar-refractivity contribution >= 4 is 5.95 Å². The molecule has 8 nitrogen and oxygen atoms in total. The first-order valence-corrected chi connectivity index (χ1v) is 6.93. The molecule has 3 heterocycles. The summed E-state index contributed by atoms with van der Waals surface area (Å²) in [5.41, 5.74) is 0. The number of rotatable bonds is 4. The summed E-state index contributed by atoms with van der Waals surface area (Å²) in [6.07, 6.45) is 3.29. The van der Waals surface area contributed by atoms with Gasteiger partial charge in [-0.3, -0.25) is 0 Å². The Morgan fingerprint density at radius 1 is 1.48 bits per heavy atom. The Kier molecular flexibility index (Phi) is 3.96. The zero-order valence-corrected chi connectivity index (χ0v) is 12.1. The van der Waals surface area contributed by atoms with E-state index in [4.69, 9.17) is 9.47 Å². The van der Waals surface area contributed by atoms with Crippen molar-refractivity contribution < 1.29 is 9.47 Å². The zero-order chi connectivity index (χ0) is 14.7. The van der Waals surface area contributed by atoms with Crippen molar-refractivity contribution in [1.29, 1.82) is 0 Å². The molecule has 1 saturated heterocycles. The van der Waals surface area contributed by atoms with Crippen LogP contribution in [0.1, 0.15) is 18.9 Å². The minimum atomic E-state index is -0.129. The van der Waals surface area contributed by atoms with Crippen molar-refractivity contribution in [2.75, 3.05) is 31.7 Å². The molecule has 2 aromatic rings. The Balaban J connectivity index is 1.79. The van der Waals surface area contributed by atoms with Gasteiger partial charge in [0.15, 0.2) is 5.82 Å². The lowest BCUT2D eigenvalue weighted by atomic mass is 10.2. The highest BCUT2D eigenvalue weighted by Gasteiger charge is 2.27. The van der Waals surface area contributed by atoms with Crippen LogP contribution >= 0.6 is 0 Å². The third-order valence-electron chi connectivity index (χ3n) is 3.45. The first-order valence-electron chi connectivity index (χ1n) is 6.93. The fraction of sp³-hybridized carbons (Fsp3) is 0.538. The van der Waals surface area contributed by atoms with Crippen LogP contribution in [0, 0.1) is 0 Å². The van der Waals surface area contributed by atoms with Crippen LogP contribution in [0.3, 0.4) is 0 Å². The van der Waals surface area contributed by atoms with Crippen LogP contribution in [-0.4, -0.2) is 51.5 Å². The normalized spacial score (nSPS) is 18.8. The molecular formula is C13H18N6O2. The molecule has 0 bridgehead atoms. The number of methoxy groups -OCH3 is 1. The van der Waals surface area contributed by atoms with E-state index in [1.807, 2.05) is 4.57 Å². The molecule has 0 aliphatic carbocycles. The van der Waals surface area contributed by atoms with Crippen molar-refractivity contribution in [3.05, 3.63) is 24.4 Å². The molecule has 1 atom stereocenters. The molecule has 0 N–H and O–H groups in total. The van der Waals surface area contributed by atoms with E-state index in [-0.39, 0.29) is 6.10 Å². The van der Waals surface area contributed by atoms with Crippen LogP contribution in [0.5, 0.6) is 5.88 Å². The number of morpholine rings is 1. The van der Waals surface area contributed by atoms with Gasteiger partial charge in [0.1, 0.15) is 12.4 Å². The zero-order valence-electron chi connectivity index (χ0n) is 12.1. The molecule has 0 amide bonds.